The summed E-state index contributed by atoms with van der Waals surface area (Å²) in [5.74, 6) is 0.483. The molecule has 3 aromatic heterocycles. The van der Waals surface area contributed by atoms with Crippen molar-refractivity contribution in [3.8, 4) is 22.3 Å². The van der Waals surface area contributed by atoms with E-state index >= 15 is 0 Å². The van der Waals surface area contributed by atoms with E-state index in [0.717, 1.165) is 122 Å². The van der Waals surface area contributed by atoms with Crippen LogP contribution in [-0.2, 0) is 0 Å². The molecule has 13 aromatic rings. The molecule has 0 saturated carbocycles. The summed E-state index contributed by atoms with van der Waals surface area (Å²) in [6, 6.07) is 77.7. The number of aliphatic imine (C=N–C) groups is 1. The van der Waals surface area contributed by atoms with E-state index in [-0.39, 0.29) is 0 Å². The van der Waals surface area contributed by atoms with Crippen LogP contribution in [-0.4, -0.2) is 11.7 Å². The molecule has 0 unspecified atom stereocenters. The van der Waals surface area contributed by atoms with Crippen molar-refractivity contribution >= 4 is 118 Å². The summed E-state index contributed by atoms with van der Waals surface area (Å²) in [5, 5.41) is 9.52. The molecular weight excluding hydrogens is 869 g/mol. The van der Waals surface area contributed by atoms with E-state index < -0.39 is 0 Å². The molecule has 0 aliphatic rings. The Hall–Kier alpha value is -9.52. The van der Waals surface area contributed by atoms with Crippen LogP contribution in [0, 0.1) is 0 Å². The van der Waals surface area contributed by atoms with Crippen LogP contribution in [0.15, 0.2) is 244 Å². The second-order valence-electron chi connectivity index (χ2n) is 17.7. The molecule has 0 bridgehead atoms. The Morgan fingerprint density at radius 1 is 0.408 bits per heavy atom. The summed E-state index contributed by atoms with van der Waals surface area (Å²) in [4.78, 5) is 13.8. The van der Waals surface area contributed by atoms with Crippen LogP contribution in [0.4, 0.5) is 40.0 Å². The summed E-state index contributed by atoms with van der Waals surface area (Å²) in [6.07, 6.45) is 5.85. The Labute approximate surface area is 410 Å². The summed E-state index contributed by atoms with van der Waals surface area (Å²) in [5.41, 5.74) is 13.2. The van der Waals surface area contributed by atoms with Crippen molar-refractivity contribution in [2.24, 2.45) is 4.99 Å². The van der Waals surface area contributed by atoms with Crippen LogP contribution >= 0.6 is 0 Å². The average molecular weight is 913 g/mol. The molecule has 0 spiro atoms. The molecule has 0 saturated heterocycles. The van der Waals surface area contributed by atoms with E-state index in [1.54, 1.807) is 6.20 Å². The molecule has 0 N–H and O–H groups in total. The zero-order chi connectivity index (χ0) is 47.4. The van der Waals surface area contributed by atoms with Gasteiger partial charge in [0.15, 0.2) is 11.2 Å². The zero-order valence-corrected chi connectivity index (χ0v) is 38.8. The maximum atomic E-state index is 6.77. The molecule has 336 valence electrons. The Kier molecular flexibility index (Phi) is 10.1. The number of fused-ring (bicyclic) bond motifs is 9. The van der Waals surface area contributed by atoms with Crippen molar-refractivity contribution in [3.63, 3.8) is 0 Å². The van der Waals surface area contributed by atoms with Gasteiger partial charge in [0.2, 0.25) is 11.6 Å². The van der Waals surface area contributed by atoms with E-state index in [9.17, 15) is 0 Å². The number of pyridine rings is 1. The molecule has 71 heavy (non-hydrogen) atoms. The Balaban J connectivity index is 1.14. The van der Waals surface area contributed by atoms with Crippen LogP contribution in [0.3, 0.4) is 0 Å². The van der Waals surface area contributed by atoms with Gasteiger partial charge < -0.3 is 18.6 Å². The van der Waals surface area contributed by atoms with E-state index in [1.807, 2.05) is 25.1 Å². The highest BCUT2D eigenvalue weighted by atomic mass is 16.4. The van der Waals surface area contributed by atoms with Crippen LogP contribution in [0.2, 0.25) is 0 Å². The summed E-state index contributed by atoms with van der Waals surface area (Å²) in [7, 11) is 0. The standard InChI is InChI=1S/C65H44N4O2/c1-3-21-52-50-32-18-37-58(62(50)70-64(52)66-2)68(56-35-16-14-26-44(56)42-22-6-4-7-23-42)60-40-54-47-29-11-13-31-49(47)61(41-55(54)46-28-10-12-30-48(46)60)69(57-36-17-15-27-45(57)43-24-8-5-9-25-43)59-38-19-33-51-53-34-20-39-67-65(53)71-63(51)59/h3-41H,2H2,1H3/b21-3-. The Bertz CT molecular complexity index is 4230. The van der Waals surface area contributed by atoms with Crippen LogP contribution in [0.1, 0.15) is 12.5 Å². The first-order chi connectivity index (χ1) is 35.2. The number of furan rings is 2. The van der Waals surface area contributed by atoms with Gasteiger partial charge in [-0.3, -0.25) is 0 Å². The maximum Gasteiger partial charge on any atom is 0.227 e. The Morgan fingerprint density at radius 3 is 1.41 bits per heavy atom. The number of allylic oxidation sites excluding steroid dienone is 1. The van der Waals surface area contributed by atoms with Crippen molar-refractivity contribution in [1.29, 1.82) is 0 Å². The molecule has 13 rings (SSSR count). The Morgan fingerprint density at radius 2 is 0.859 bits per heavy atom. The molecule has 0 radical (unpaired) electrons. The fraction of sp³-hybridized carbons (Fsp3) is 0.0154. The number of hydrogen-bond acceptors (Lipinski definition) is 6. The van der Waals surface area contributed by atoms with Crippen molar-refractivity contribution < 1.29 is 8.83 Å². The van der Waals surface area contributed by atoms with Gasteiger partial charge in [-0.25, -0.2) is 9.98 Å². The molecule has 10 aromatic carbocycles. The molecule has 3 heterocycles. The number of nitrogens with zero attached hydrogens (tertiary/aromatic N) is 4. The van der Waals surface area contributed by atoms with Crippen molar-refractivity contribution in [3.05, 3.63) is 236 Å². The molecule has 0 aliphatic carbocycles. The molecule has 0 fully saturated rings. The predicted octanol–water partition coefficient (Wildman–Crippen LogP) is 18.8. The van der Waals surface area contributed by atoms with Gasteiger partial charge in [0.05, 0.1) is 34.1 Å². The second-order valence-corrected chi connectivity index (χ2v) is 17.7. The van der Waals surface area contributed by atoms with Gasteiger partial charge in [-0.15, -0.1) is 0 Å². The molecular formula is C65H44N4O2. The first-order valence-electron chi connectivity index (χ1n) is 23.9. The highest BCUT2D eigenvalue weighted by Crippen LogP contribution is 2.53. The third-order valence-corrected chi connectivity index (χ3v) is 13.7. The van der Waals surface area contributed by atoms with Crippen molar-refractivity contribution in [2.75, 3.05) is 9.80 Å². The molecule has 0 aliphatic heterocycles. The number of aromatic nitrogens is 1. The third kappa shape index (κ3) is 6.79. The largest absolute Gasteiger partial charge is 0.436 e. The van der Waals surface area contributed by atoms with E-state index in [2.05, 4.69) is 239 Å². The molecule has 0 amide bonds. The van der Waals surface area contributed by atoms with Gasteiger partial charge in [0.1, 0.15) is 0 Å². The van der Waals surface area contributed by atoms with Gasteiger partial charge >= 0.3 is 0 Å². The number of anilines is 6. The topological polar surface area (TPSA) is 58.0 Å². The lowest BCUT2D eigenvalue weighted by atomic mass is 9.92. The smallest absolute Gasteiger partial charge is 0.227 e. The van der Waals surface area contributed by atoms with Gasteiger partial charge in [-0.05, 0) is 94.8 Å². The van der Waals surface area contributed by atoms with E-state index in [1.165, 1.54) is 0 Å². The van der Waals surface area contributed by atoms with Gasteiger partial charge in [-0.1, -0.05) is 182 Å². The zero-order valence-electron chi connectivity index (χ0n) is 38.8. The third-order valence-electron chi connectivity index (χ3n) is 13.7. The molecule has 6 heteroatoms. The van der Waals surface area contributed by atoms with Crippen molar-refractivity contribution in [1.82, 2.24) is 4.98 Å². The minimum Gasteiger partial charge on any atom is -0.436 e. The number of para-hydroxylation sites is 4. The van der Waals surface area contributed by atoms with Crippen molar-refractivity contribution in [2.45, 2.75) is 6.92 Å². The number of hydrogen-bond donors (Lipinski definition) is 0. The van der Waals surface area contributed by atoms with Crippen LogP contribution in [0.25, 0.3) is 93.7 Å². The SMILES string of the molecule is C=Nc1oc2c(N(c3ccccc3-c3ccccc3)c3cc4c5ccccc5c(N(c5ccccc5-c5ccccc5)c5cccc6c5oc5ncccc56)cc4c4ccccc34)cccc2c1/C=C\C. The monoisotopic (exact) mass is 912 g/mol. The van der Waals surface area contributed by atoms with E-state index in [0.29, 0.717) is 11.6 Å². The average Bonchev–Trinajstić information content (AvgIpc) is 4.01. The predicted molar refractivity (Wildman–Crippen MR) is 298 cm³/mol. The maximum absolute atomic E-state index is 6.77. The second kappa shape index (κ2) is 17.2. The van der Waals surface area contributed by atoms with Crippen LogP contribution in [0.5, 0.6) is 0 Å². The van der Waals surface area contributed by atoms with E-state index in [4.69, 9.17) is 8.83 Å². The summed E-state index contributed by atoms with van der Waals surface area (Å²) < 4.78 is 13.5. The number of rotatable bonds is 10. The van der Waals surface area contributed by atoms with Crippen LogP contribution < -0.4 is 9.80 Å². The molecule has 0 atom stereocenters. The van der Waals surface area contributed by atoms with Gasteiger partial charge in [-0.2, -0.15) is 0 Å². The van der Waals surface area contributed by atoms with Gasteiger partial charge in [0.25, 0.3) is 0 Å². The summed E-state index contributed by atoms with van der Waals surface area (Å²) in [6.45, 7) is 5.92. The quantitative estimate of drug-likeness (QED) is 0.101. The van der Waals surface area contributed by atoms with Gasteiger partial charge in [0, 0.05) is 49.8 Å². The number of benzene rings is 10. The normalized spacial score (nSPS) is 11.7. The lowest BCUT2D eigenvalue weighted by molar-refractivity contribution is 0.626. The minimum atomic E-state index is 0.483. The lowest BCUT2D eigenvalue weighted by Gasteiger charge is -2.31. The first kappa shape index (κ1) is 41.7. The summed E-state index contributed by atoms with van der Waals surface area (Å²) >= 11 is 0. The fourth-order valence-electron chi connectivity index (χ4n) is 10.6. The minimum absolute atomic E-state index is 0.483. The fourth-order valence-corrected chi connectivity index (χ4v) is 10.6. The molecule has 6 nitrogen and oxygen atoms in total. The first-order valence-corrected chi connectivity index (χ1v) is 23.9. The highest BCUT2D eigenvalue weighted by molar-refractivity contribution is 6.26. The lowest BCUT2D eigenvalue weighted by Crippen LogP contribution is -2.13. The highest BCUT2D eigenvalue weighted by Gasteiger charge is 2.28.